The lowest BCUT2D eigenvalue weighted by Gasteiger charge is -1.97. The normalized spacial score (nSPS) is 10.0. The minimum absolute atomic E-state index is 0.108. The molecule has 0 saturated carbocycles. The average molecular weight is 212 g/mol. The Bertz CT molecular complexity index is 384. The zero-order valence-electron chi connectivity index (χ0n) is 8.57. The van der Waals surface area contributed by atoms with Crippen molar-refractivity contribution in [1.29, 1.82) is 0 Å². The highest BCUT2D eigenvalue weighted by Gasteiger charge is 2.20. The lowest BCUT2D eigenvalue weighted by atomic mass is 10.2. The van der Waals surface area contributed by atoms with E-state index in [1.807, 2.05) is 0 Å². The lowest BCUT2D eigenvalue weighted by molar-refractivity contribution is -0.385. The summed E-state index contributed by atoms with van der Waals surface area (Å²) in [4.78, 5) is 23.1. The number of carbonyl (C=O) groups is 1. The first-order valence-electron chi connectivity index (χ1n) is 4.45. The van der Waals surface area contributed by atoms with Crippen LogP contribution >= 0.6 is 0 Å². The molecule has 0 spiro atoms. The second kappa shape index (κ2) is 4.59. The van der Waals surface area contributed by atoms with Crippen LogP contribution in [0.5, 0.6) is 0 Å². The molecule has 0 atom stereocenters. The van der Waals surface area contributed by atoms with Gasteiger partial charge in [0.1, 0.15) is 0 Å². The molecule has 1 aromatic rings. The molecule has 0 amide bonds. The fraction of sp³-hybridized carbons (Fsp3) is 0.444. The Kier molecular flexibility index (Phi) is 3.43. The topological polar surface area (TPSA) is 85.2 Å². The van der Waals surface area contributed by atoms with E-state index in [1.54, 1.807) is 13.8 Å². The fourth-order valence-corrected chi connectivity index (χ4v) is 1.54. The minimum atomic E-state index is -0.411. The number of aryl methyl sites for hydroxylation is 1. The molecule has 6 heteroatoms. The molecule has 0 bridgehead atoms. The Morgan fingerprint density at radius 1 is 1.53 bits per heavy atom. The van der Waals surface area contributed by atoms with E-state index in [0.29, 0.717) is 24.2 Å². The highest BCUT2D eigenvalue weighted by Crippen LogP contribution is 2.25. The second-order valence-electron chi connectivity index (χ2n) is 3.18. The van der Waals surface area contributed by atoms with Crippen molar-refractivity contribution in [3.05, 3.63) is 27.1 Å². The van der Waals surface area contributed by atoms with E-state index < -0.39 is 4.92 Å². The number of hydrogen-bond acceptors (Lipinski definition) is 4. The highest BCUT2D eigenvalue weighted by molar-refractivity contribution is 5.47. The number of nitrogens with one attached hydrogen (secondary N) is 1. The van der Waals surface area contributed by atoms with Crippen LogP contribution in [-0.2, 0) is 16.0 Å². The van der Waals surface area contributed by atoms with Crippen LogP contribution < -0.4 is 0 Å². The van der Waals surface area contributed by atoms with Gasteiger partial charge in [-0.3, -0.25) is 14.9 Å². The quantitative estimate of drug-likeness (QED) is 0.344. The van der Waals surface area contributed by atoms with Gasteiger partial charge in [0.15, 0.2) is 0 Å². The predicted molar refractivity (Wildman–Crippen MR) is 52.6 cm³/mol. The third-order valence-corrected chi connectivity index (χ3v) is 2.22. The van der Waals surface area contributed by atoms with Gasteiger partial charge in [-0.05, 0) is 13.8 Å². The number of rotatable bonds is 5. The summed E-state index contributed by atoms with van der Waals surface area (Å²) in [5, 5.41) is 10.7. The van der Waals surface area contributed by atoms with E-state index in [-0.39, 0.29) is 12.3 Å². The molecular weight excluding hydrogens is 200 g/mol. The van der Waals surface area contributed by atoms with Crippen LogP contribution in [0.2, 0.25) is 0 Å². The second-order valence-corrected chi connectivity index (χ2v) is 3.18. The number of ether oxygens (including phenoxy) is 1. The molecule has 0 unspecified atom stereocenters. The molecule has 0 aromatic carbocycles. The Balaban J connectivity index is 2.86. The molecule has 0 radical (unpaired) electrons. The van der Waals surface area contributed by atoms with Gasteiger partial charge in [0.2, 0.25) is 0 Å². The van der Waals surface area contributed by atoms with Gasteiger partial charge < -0.3 is 9.72 Å². The summed E-state index contributed by atoms with van der Waals surface area (Å²) in [5.41, 5.74) is 1.97. The van der Waals surface area contributed by atoms with Gasteiger partial charge >= 0.3 is 0 Å². The van der Waals surface area contributed by atoms with Crippen LogP contribution in [0.15, 0.2) is 0 Å². The first-order valence-corrected chi connectivity index (χ1v) is 4.45. The zero-order valence-corrected chi connectivity index (χ0v) is 8.57. The molecule has 0 saturated heterocycles. The van der Waals surface area contributed by atoms with Crippen LogP contribution in [-0.4, -0.2) is 23.0 Å². The van der Waals surface area contributed by atoms with Crippen molar-refractivity contribution in [3.8, 4) is 0 Å². The lowest BCUT2D eigenvalue weighted by Crippen LogP contribution is -1.98. The molecule has 15 heavy (non-hydrogen) atoms. The van der Waals surface area contributed by atoms with Crippen LogP contribution in [0.1, 0.15) is 17.0 Å². The predicted octanol–water partition coefficient (Wildman–Crippen LogP) is 1.26. The molecule has 6 nitrogen and oxygen atoms in total. The molecule has 0 fully saturated rings. The molecule has 0 aliphatic heterocycles. The summed E-state index contributed by atoms with van der Waals surface area (Å²) in [5.74, 6) is 0. The number of nitrogens with zero attached hydrogens (tertiary/aromatic N) is 1. The smallest absolute Gasteiger partial charge is 0.293 e. The van der Waals surface area contributed by atoms with Gasteiger partial charge in [-0.1, -0.05) is 0 Å². The van der Waals surface area contributed by atoms with Gasteiger partial charge in [-0.2, -0.15) is 0 Å². The Morgan fingerprint density at radius 3 is 2.67 bits per heavy atom. The first kappa shape index (κ1) is 11.2. The van der Waals surface area contributed by atoms with Gasteiger partial charge in [0, 0.05) is 17.7 Å². The van der Waals surface area contributed by atoms with E-state index in [9.17, 15) is 14.9 Å². The molecule has 1 rings (SSSR count). The summed E-state index contributed by atoms with van der Waals surface area (Å²) in [6.45, 7) is 3.91. The standard InChI is InChI=1S/C9H12N2O4/c1-6-8(3-4-15-5-12)10-7(2)9(6)11(13)14/h5,10H,3-4H2,1-2H3. The monoisotopic (exact) mass is 212 g/mol. The number of aromatic nitrogens is 1. The van der Waals surface area contributed by atoms with E-state index in [4.69, 9.17) is 0 Å². The number of nitro groups is 1. The SMILES string of the molecule is Cc1[nH]c(CCOC=O)c(C)c1[N+](=O)[O-]. The first-order chi connectivity index (χ1) is 7.07. The Morgan fingerprint density at radius 2 is 2.20 bits per heavy atom. The zero-order chi connectivity index (χ0) is 11.4. The summed E-state index contributed by atoms with van der Waals surface area (Å²) in [6.07, 6.45) is 0.458. The van der Waals surface area contributed by atoms with Crippen molar-refractivity contribution in [2.45, 2.75) is 20.3 Å². The maximum absolute atomic E-state index is 10.7. The Hall–Kier alpha value is -1.85. The minimum Gasteiger partial charge on any atom is -0.467 e. The third kappa shape index (κ3) is 2.34. The maximum Gasteiger partial charge on any atom is 0.293 e. The molecule has 1 N–H and O–H groups in total. The van der Waals surface area contributed by atoms with Crippen molar-refractivity contribution in [3.63, 3.8) is 0 Å². The number of carbonyl (C=O) groups excluding carboxylic acids is 1. The summed E-state index contributed by atoms with van der Waals surface area (Å²) >= 11 is 0. The van der Waals surface area contributed by atoms with Crippen LogP contribution in [0, 0.1) is 24.0 Å². The van der Waals surface area contributed by atoms with Gasteiger partial charge in [0.05, 0.1) is 17.2 Å². The number of aromatic amines is 1. The van der Waals surface area contributed by atoms with Crippen molar-refractivity contribution in [2.75, 3.05) is 6.61 Å². The molecular formula is C9H12N2O4. The fourth-order valence-electron chi connectivity index (χ4n) is 1.54. The van der Waals surface area contributed by atoms with E-state index in [2.05, 4.69) is 9.72 Å². The van der Waals surface area contributed by atoms with Crippen molar-refractivity contribution < 1.29 is 14.5 Å². The number of H-pyrrole nitrogens is 1. The van der Waals surface area contributed by atoms with Gasteiger partial charge in [0.25, 0.3) is 12.2 Å². The number of hydrogen-bond donors (Lipinski definition) is 1. The summed E-state index contributed by atoms with van der Waals surface area (Å²) in [6, 6.07) is 0. The van der Waals surface area contributed by atoms with E-state index in [1.165, 1.54) is 0 Å². The third-order valence-electron chi connectivity index (χ3n) is 2.22. The molecule has 82 valence electrons. The van der Waals surface area contributed by atoms with Crippen LogP contribution in [0.4, 0.5) is 5.69 Å². The summed E-state index contributed by atoms with van der Waals surface area (Å²) in [7, 11) is 0. The Labute approximate surface area is 86.4 Å². The summed E-state index contributed by atoms with van der Waals surface area (Å²) < 4.78 is 4.53. The van der Waals surface area contributed by atoms with Crippen LogP contribution in [0.3, 0.4) is 0 Å². The molecule has 0 aliphatic rings. The largest absolute Gasteiger partial charge is 0.467 e. The maximum atomic E-state index is 10.7. The van der Waals surface area contributed by atoms with Crippen molar-refractivity contribution >= 4 is 12.2 Å². The highest BCUT2D eigenvalue weighted by atomic mass is 16.6. The van der Waals surface area contributed by atoms with Gasteiger partial charge in [-0.25, -0.2) is 0 Å². The van der Waals surface area contributed by atoms with Crippen molar-refractivity contribution in [1.82, 2.24) is 4.98 Å². The van der Waals surface area contributed by atoms with E-state index >= 15 is 0 Å². The molecule has 0 aliphatic carbocycles. The molecule has 1 heterocycles. The van der Waals surface area contributed by atoms with Crippen LogP contribution in [0.25, 0.3) is 0 Å². The van der Waals surface area contributed by atoms with Gasteiger partial charge in [-0.15, -0.1) is 0 Å². The van der Waals surface area contributed by atoms with E-state index in [0.717, 1.165) is 5.69 Å². The molecule has 1 aromatic heterocycles. The van der Waals surface area contributed by atoms with Crippen molar-refractivity contribution in [2.24, 2.45) is 0 Å². The average Bonchev–Trinajstić information content (AvgIpc) is 2.42.